The lowest BCUT2D eigenvalue weighted by molar-refractivity contribution is -0.126. The van der Waals surface area contributed by atoms with Crippen LogP contribution in [0.5, 0.6) is 0 Å². The van der Waals surface area contributed by atoms with Crippen molar-refractivity contribution in [3.8, 4) is 6.07 Å². The van der Waals surface area contributed by atoms with E-state index in [2.05, 4.69) is 11.6 Å². The van der Waals surface area contributed by atoms with Gasteiger partial charge in [0.05, 0.1) is 6.07 Å². The second-order valence-electron chi connectivity index (χ2n) is 4.31. The van der Waals surface area contributed by atoms with Gasteiger partial charge in [-0.05, 0) is 32.9 Å². The number of carbonyl (C=O) groups excluding carboxylic acids is 1. The molecule has 14 heavy (non-hydrogen) atoms. The molecular weight excluding hydrogens is 196 g/mol. The molecule has 1 amide bonds. The minimum atomic E-state index is -0.908. The summed E-state index contributed by atoms with van der Waals surface area (Å²) in [4.78, 5) is 11.5. The van der Waals surface area contributed by atoms with Gasteiger partial charge in [0.1, 0.15) is 5.41 Å². The Morgan fingerprint density at radius 1 is 1.64 bits per heavy atom. The molecule has 0 bridgehead atoms. The van der Waals surface area contributed by atoms with Crippen LogP contribution in [0.1, 0.15) is 26.7 Å². The first-order valence-corrected chi connectivity index (χ1v) is 5.93. The summed E-state index contributed by atoms with van der Waals surface area (Å²) in [7, 11) is 0. The number of hydrogen-bond acceptors (Lipinski definition) is 3. The maximum absolute atomic E-state index is 11.5. The zero-order chi connectivity index (χ0) is 10.8. The molecule has 1 rings (SSSR count). The van der Waals surface area contributed by atoms with Gasteiger partial charge in [-0.2, -0.15) is 17.0 Å². The summed E-state index contributed by atoms with van der Waals surface area (Å²) in [5.74, 6) is -0.166. The molecule has 1 aliphatic rings. The Bertz CT molecular complexity index is 276. The van der Waals surface area contributed by atoms with Crippen LogP contribution in [0.25, 0.3) is 0 Å². The van der Waals surface area contributed by atoms with Crippen LogP contribution in [0.3, 0.4) is 0 Å². The number of nitrogens with zero attached hydrogens (tertiary/aromatic N) is 1. The molecule has 3 nitrogen and oxygen atoms in total. The summed E-state index contributed by atoms with van der Waals surface area (Å²) in [5.41, 5.74) is -0.908. The minimum Gasteiger partial charge on any atom is -0.353 e. The molecule has 78 valence electrons. The maximum atomic E-state index is 11.5. The fourth-order valence-corrected chi connectivity index (χ4v) is 1.83. The zero-order valence-corrected chi connectivity index (χ0v) is 9.70. The van der Waals surface area contributed by atoms with Crippen molar-refractivity contribution in [2.75, 3.05) is 12.8 Å². The number of nitrogens with one attached hydrogen (secondary N) is 1. The summed E-state index contributed by atoms with van der Waals surface area (Å²) >= 11 is 1.80. The quantitative estimate of drug-likeness (QED) is 0.769. The Kier molecular flexibility index (Phi) is 3.10. The van der Waals surface area contributed by atoms with Gasteiger partial charge < -0.3 is 5.32 Å². The van der Waals surface area contributed by atoms with Crippen molar-refractivity contribution in [2.45, 2.75) is 31.4 Å². The van der Waals surface area contributed by atoms with Crippen LogP contribution in [0.4, 0.5) is 0 Å². The number of nitriles is 1. The summed E-state index contributed by atoms with van der Waals surface area (Å²) in [6.45, 7) is 3.97. The van der Waals surface area contributed by atoms with E-state index in [1.807, 2.05) is 6.07 Å². The van der Waals surface area contributed by atoms with E-state index < -0.39 is 5.41 Å². The first kappa shape index (κ1) is 11.4. The highest BCUT2D eigenvalue weighted by molar-refractivity contribution is 8.00. The van der Waals surface area contributed by atoms with Crippen LogP contribution in [-0.4, -0.2) is 23.5 Å². The average Bonchev–Trinajstić information content (AvgIpc) is 2.95. The van der Waals surface area contributed by atoms with Crippen LogP contribution in [0.15, 0.2) is 0 Å². The van der Waals surface area contributed by atoms with Gasteiger partial charge in [-0.25, -0.2) is 0 Å². The molecule has 0 saturated heterocycles. The fraction of sp³-hybridized carbons (Fsp3) is 0.800. The fourth-order valence-electron chi connectivity index (χ4n) is 1.11. The van der Waals surface area contributed by atoms with Crippen molar-refractivity contribution in [1.29, 1.82) is 5.26 Å². The highest BCUT2D eigenvalue weighted by Crippen LogP contribution is 2.46. The van der Waals surface area contributed by atoms with Gasteiger partial charge in [0.15, 0.2) is 0 Å². The van der Waals surface area contributed by atoms with Crippen molar-refractivity contribution in [3.63, 3.8) is 0 Å². The van der Waals surface area contributed by atoms with Gasteiger partial charge >= 0.3 is 0 Å². The van der Waals surface area contributed by atoms with E-state index in [9.17, 15) is 4.79 Å². The molecule has 0 aromatic carbocycles. The predicted octanol–water partition coefficient (Wildman–Crippen LogP) is 1.55. The third-order valence-electron chi connectivity index (χ3n) is 2.66. The van der Waals surface area contributed by atoms with Crippen molar-refractivity contribution < 1.29 is 4.79 Å². The monoisotopic (exact) mass is 212 g/mol. The molecule has 1 saturated carbocycles. The molecule has 4 heteroatoms. The second kappa shape index (κ2) is 3.82. The molecule has 0 heterocycles. The van der Waals surface area contributed by atoms with E-state index >= 15 is 0 Å². The molecule has 1 N–H and O–H groups in total. The standard InChI is InChI=1S/C10H16N2OS/c1-9(2,6-11)8(13)12-7-10(14-3)4-5-10/h4-5,7H2,1-3H3,(H,12,13). The summed E-state index contributed by atoms with van der Waals surface area (Å²) in [6.07, 6.45) is 4.40. The van der Waals surface area contributed by atoms with Gasteiger partial charge in [-0.3, -0.25) is 4.79 Å². The Labute approximate surface area is 89.2 Å². The van der Waals surface area contributed by atoms with Crippen LogP contribution >= 0.6 is 11.8 Å². The number of carbonyl (C=O) groups is 1. The number of rotatable bonds is 4. The van der Waals surface area contributed by atoms with Crippen LogP contribution in [0, 0.1) is 16.7 Å². The van der Waals surface area contributed by atoms with E-state index in [1.54, 1.807) is 25.6 Å². The number of thioether (sulfide) groups is 1. The molecule has 0 aromatic heterocycles. The lowest BCUT2D eigenvalue weighted by atomic mass is 9.95. The number of hydrogen-bond donors (Lipinski definition) is 1. The third kappa shape index (κ3) is 2.42. The average molecular weight is 212 g/mol. The van der Waals surface area contributed by atoms with Crippen LogP contribution in [0.2, 0.25) is 0 Å². The summed E-state index contributed by atoms with van der Waals surface area (Å²) in [6, 6.07) is 2.00. The lowest BCUT2D eigenvalue weighted by Gasteiger charge is -2.18. The predicted molar refractivity (Wildman–Crippen MR) is 57.9 cm³/mol. The van der Waals surface area contributed by atoms with Crippen molar-refractivity contribution in [2.24, 2.45) is 5.41 Å². The highest BCUT2D eigenvalue weighted by atomic mass is 32.2. The van der Waals surface area contributed by atoms with E-state index in [-0.39, 0.29) is 10.7 Å². The zero-order valence-electron chi connectivity index (χ0n) is 8.89. The SMILES string of the molecule is CSC1(CNC(=O)C(C)(C)C#N)CC1. The number of amides is 1. The molecule has 0 atom stereocenters. The van der Waals surface area contributed by atoms with E-state index in [1.165, 1.54) is 12.8 Å². The Morgan fingerprint density at radius 3 is 2.57 bits per heavy atom. The van der Waals surface area contributed by atoms with Crippen molar-refractivity contribution in [1.82, 2.24) is 5.32 Å². The second-order valence-corrected chi connectivity index (χ2v) is 5.58. The summed E-state index contributed by atoms with van der Waals surface area (Å²) < 4.78 is 0.265. The third-order valence-corrected chi connectivity index (χ3v) is 4.08. The van der Waals surface area contributed by atoms with Gasteiger partial charge in [-0.15, -0.1) is 0 Å². The molecule has 0 unspecified atom stereocenters. The Balaban J connectivity index is 2.40. The smallest absolute Gasteiger partial charge is 0.239 e. The summed E-state index contributed by atoms with van der Waals surface area (Å²) in [5, 5.41) is 11.6. The lowest BCUT2D eigenvalue weighted by Crippen LogP contribution is -2.39. The topological polar surface area (TPSA) is 52.9 Å². The molecule has 0 spiro atoms. The van der Waals surface area contributed by atoms with Crippen molar-refractivity contribution in [3.05, 3.63) is 0 Å². The van der Waals surface area contributed by atoms with Gasteiger partial charge in [0, 0.05) is 11.3 Å². The first-order chi connectivity index (χ1) is 6.46. The Morgan fingerprint density at radius 2 is 2.21 bits per heavy atom. The van der Waals surface area contributed by atoms with Gasteiger partial charge in [-0.1, -0.05) is 0 Å². The highest BCUT2D eigenvalue weighted by Gasteiger charge is 2.42. The van der Waals surface area contributed by atoms with Crippen LogP contribution < -0.4 is 5.32 Å². The van der Waals surface area contributed by atoms with E-state index in [4.69, 9.17) is 5.26 Å². The van der Waals surface area contributed by atoms with Gasteiger partial charge in [0.2, 0.25) is 5.91 Å². The largest absolute Gasteiger partial charge is 0.353 e. The molecular formula is C10H16N2OS. The molecule has 1 aliphatic carbocycles. The van der Waals surface area contributed by atoms with E-state index in [0.29, 0.717) is 6.54 Å². The molecule has 1 fully saturated rings. The first-order valence-electron chi connectivity index (χ1n) is 4.70. The maximum Gasteiger partial charge on any atom is 0.239 e. The van der Waals surface area contributed by atoms with E-state index in [0.717, 1.165) is 0 Å². The molecule has 0 aliphatic heterocycles. The normalized spacial score (nSPS) is 18.4. The minimum absolute atomic E-state index is 0.166. The van der Waals surface area contributed by atoms with Gasteiger partial charge in [0.25, 0.3) is 0 Å². The van der Waals surface area contributed by atoms with Crippen molar-refractivity contribution >= 4 is 17.7 Å². The van der Waals surface area contributed by atoms with Crippen LogP contribution in [-0.2, 0) is 4.79 Å². The molecule has 0 radical (unpaired) electrons. The molecule has 0 aromatic rings. The Hall–Kier alpha value is -0.690.